The number of H-pyrrole nitrogens is 1. The second-order valence-electron chi connectivity index (χ2n) is 5.84. The van der Waals surface area contributed by atoms with E-state index in [9.17, 15) is 4.79 Å². The first kappa shape index (κ1) is 18.2. The number of nitrogens with one attached hydrogen (secondary N) is 1. The van der Waals surface area contributed by atoms with E-state index in [0.717, 1.165) is 0 Å². The van der Waals surface area contributed by atoms with Gasteiger partial charge in [0.2, 0.25) is 17.0 Å². The Hall–Kier alpha value is -2.62. The van der Waals surface area contributed by atoms with Crippen LogP contribution in [0.15, 0.2) is 32.5 Å². The summed E-state index contributed by atoms with van der Waals surface area (Å²) in [6, 6.07) is 3.56. The van der Waals surface area contributed by atoms with Crippen LogP contribution in [0.4, 0.5) is 0 Å². The molecule has 0 aliphatic heterocycles. The highest BCUT2D eigenvalue weighted by molar-refractivity contribution is 7.99. The maximum absolute atomic E-state index is 12.5. The molecule has 3 aromatic heterocycles. The number of aromatic amines is 1. The van der Waals surface area contributed by atoms with E-state index in [1.807, 2.05) is 20.8 Å². The molecule has 0 bridgehead atoms. The van der Waals surface area contributed by atoms with Crippen LogP contribution in [-0.4, -0.2) is 48.4 Å². The molecule has 1 amide bonds. The van der Waals surface area contributed by atoms with Gasteiger partial charge in [0.1, 0.15) is 0 Å². The van der Waals surface area contributed by atoms with E-state index >= 15 is 0 Å². The standard InChI is InChI=1S/C16H20N6O3S/c1-4-22(8-12-17-14(10(2)3)21-25-12)13(23)9-26-16-18-15(19-20-16)11-6-5-7-24-11/h5-7,10H,4,8-9H2,1-3H3,(H,18,19,20). The Morgan fingerprint density at radius 1 is 1.38 bits per heavy atom. The summed E-state index contributed by atoms with van der Waals surface area (Å²) in [6.07, 6.45) is 1.57. The maximum atomic E-state index is 12.5. The van der Waals surface area contributed by atoms with Crippen molar-refractivity contribution in [1.82, 2.24) is 30.2 Å². The third-order valence-corrected chi connectivity index (χ3v) is 4.44. The third-order valence-electron chi connectivity index (χ3n) is 3.60. The molecule has 0 saturated heterocycles. The average Bonchev–Trinajstić information content (AvgIpc) is 3.38. The van der Waals surface area contributed by atoms with Crippen molar-refractivity contribution in [2.24, 2.45) is 0 Å². The number of carbonyl (C=O) groups excluding carboxylic acids is 1. The fourth-order valence-corrected chi connectivity index (χ4v) is 2.86. The van der Waals surface area contributed by atoms with Crippen LogP contribution in [0.2, 0.25) is 0 Å². The van der Waals surface area contributed by atoms with Crippen LogP contribution in [0.1, 0.15) is 38.4 Å². The Morgan fingerprint density at radius 3 is 2.88 bits per heavy atom. The quantitative estimate of drug-likeness (QED) is 0.597. The Morgan fingerprint density at radius 2 is 2.23 bits per heavy atom. The highest BCUT2D eigenvalue weighted by Gasteiger charge is 2.18. The number of amides is 1. The van der Waals surface area contributed by atoms with Gasteiger partial charge in [-0.25, -0.2) is 0 Å². The minimum atomic E-state index is -0.0499. The Bertz CT molecular complexity index is 842. The monoisotopic (exact) mass is 376 g/mol. The van der Waals surface area contributed by atoms with E-state index in [4.69, 9.17) is 8.94 Å². The number of furan rings is 1. The Kier molecular flexibility index (Phi) is 5.71. The van der Waals surface area contributed by atoms with Gasteiger partial charge in [0, 0.05) is 12.5 Å². The van der Waals surface area contributed by atoms with Gasteiger partial charge in [0.05, 0.1) is 18.6 Å². The van der Waals surface area contributed by atoms with Gasteiger partial charge in [-0.05, 0) is 19.1 Å². The van der Waals surface area contributed by atoms with E-state index in [0.29, 0.717) is 41.5 Å². The fraction of sp³-hybridized carbons (Fsp3) is 0.438. The molecule has 0 saturated carbocycles. The summed E-state index contributed by atoms with van der Waals surface area (Å²) in [6.45, 7) is 6.72. The molecule has 3 rings (SSSR count). The normalized spacial score (nSPS) is 11.2. The number of hydrogen-bond acceptors (Lipinski definition) is 8. The van der Waals surface area contributed by atoms with E-state index in [2.05, 4.69) is 25.3 Å². The minimum Gasteiger partial charge on any atom is -0.461 e. The van der Waals surface area contributed by atoms with Crippen LogP contribution < -0.4 is 0 Å². The lowest BCUT2D eigenvalue weighted by atomic mass is 10.2. The SMILES string of the molecule is CCN(Cc1nc(C(C)C)no1)C(=O)CSc1n[nH]c(-c2ccco2)n1. The van der Waals surface area contributed by atoms with Crippen molar-refractivity contribution in [2.45, 2.75) is 38.4 Å². The number of rotatable bonds is 8. The van der Waals surface area contributed by atoms with Crippen molar-refractivity contribution in [3.8, 4) is 11.6 Å². The predicted octanol–water partition coefficient (Wildman–Crippen LogP) is 2.71. The van der Waals surface area contributed by atoms with Crippen molar-refractivity contribution >= 4 is 17.7 Å². The van der Waals surface area contributed by atoms with Gasteiger partial charge >= 0.3 is 0 Å². The van der Waals surface area contributed by atoms with Gasteiger partial charge in [-0.1, -0.05) is 30.8 Å². The Labute approximate surface area is 154 Å². The molecule has 0 fully saturated rings. The largest absolute Gasteiger partial charge is 0.461 e. The van der Waals surface area contributed by atoms with Gasteiger partial charge in [0.25, 0.3) is 0 Å². The average molecular weight is 376 g/mol. The zero-order chi connectivity index (χ0) is 18.5. The zero-order valence-electron chi connectivity index (χ0n) is 14.8. The van der Waals surface area contributed by atoms with Crippen molar-refractivity contribution < 1.29 is 13.7 Å². The van der Waals surface area contributed by atoms with Crippen molar-refractivity contribution in [2.75, 3.05) is 12.3 Å². The highest BCUT2D eigenvalue weighted by Crippen LogP contribution is 2.20. The maximum Gasteiger partial charge on any atom is 0.246 e. The molecule has 10 heteroatoms. The van der Waals surface area contributed by atoms with Crippen molar-refractivity contribution in [3.05, 3.63) is 30.1 Å². The lowest BCUT2D eigenvalue weighted by Gasteiger charge is -2.18. The summed E-state index contributed by atoms with van der Waals surface area (Å²) >= 11 is 1.26. The second kappa shape index (κ2) is 8.17. The van der Waals surface area contributed by atoms with Crippen LogP contribution in [0.25, 0.3) is 11.6 Å². The topological polar surface area (TPSA) is 114 Å². The molecular formula is C16H20N6O3S. The summed E-state index contributed by atoms with van der Waals surface area (Å²) < 4.78 is 10.5. The summed E-state index contributed by atoms with van der Waals surface area (Å²) in [5, 5.41) is 11.3. The van der Waals surface area contributed by atoms with Gasteiger partial charge in [-0.15, -0.1) is 5.10 Å². The molecule has 138 valence electrons. The van der Waals surface area contributed by atoms with Gasteiger partial charge in [-0.2, -0.15) is 9.97 Å². The number of carbonyl (C=O) groups is 1. The molecule has 0 aliphatic rings. The number of aromatic nitrogens is 5. The van der Waals surface area contributed by atoms with Gasteiger partial charge in [-0.3, -0.25) is 9.89 Å². The molecule has 1 N–H and O–H groups in total. The first-order chi connectivity index (χ1) is 12.6. The molecular weight excluding hydrogens is 356 g/mol. The molecule has 0 unspecified atom stereocenters. The van der Waals surface area contributed by atoms with E-state index in [1.165, 1.54) is 11.8 Å². The summed E-state index contributed by atoms with van der Waals surface area (Å²) in [4.78, 5) is 22.7. The fourth-order valence-electron chi connectivity index (χ4n) is 2.16. The van der Waals surface area contributed by atoms with Crippen LogP contribution in [0.5, 0.6) is 0 Å². The molecule has 0 radical (unpaired) electrons. The van der Waals surface area contributed by atoms with E-state index in [-0.39, 0.29) is 17.6 Å². The molecule has 0 atom stereocenters. The molecule has 0 spiro atoms. The van der Waals surface area contributed by atoms with Crippen LogP contribution in [-0.2, 0) is 11.3 Å². The highest BCUT2D eigenvalue weighted by atomic mass is 32.2. The minimum absolute atomic E-state index is 0.0499. The summed E-state index contributed by atoms with van der Waals surface area (Å²) in [5.41, 5.74) is 0. The summed E-state index contributed by atoms with van der Waals surface area (Å²) in [7, 11) is 0. The van der Waals surface area contributed by atoms with Gasteiger partial charge < -0.3 is 13.8 Å². The number of thioether (sulfide) groups is 1. The van der Waals surface area contributed by atoms with Gasteiger partial charge in [0.15, 0.2) is 17.4 Å². The molecule has 0 aliphatic carbocycles. The van der Waals surface area contributed by atoms with Crippen LogP contribution in [0.3, 0.4) is 0 Å². The van der Waals surface area contributed by atoms with Crippen molar-refractivity contribution in [1.29, 1.82) is 0 Å². The zero-order valence-corrected chi connectivity index (χ0v) is 15.6. The van der Waals surface area contributed by atoms with Crippen molar-refractivity contribution in [3.63, 3.8) is 0 Å². The molecule has 26 heavy (non-hydrogen) atoms. The molecule has 0 aromatic carbocycles. The van der Waals surface area contributed by atoms with E-state index in [1.54, 1.807) is 23.3 Å². The molecule has 9 nitrogen and oxygen atoms in total. The predicted molar refractivity (Wildman–Crippen MR) is 94.3 cm³/mol. The molecule has 3 heterocycles. The summed E-state index contributed by atoms with van der Waals surface area (Å²) in [5.74, 6) is 2.56. The van der Waals surface area contributed by atoms with E-state index < -0.39 is 0 Å². The lowest BCUT2D eigenvalue weighted by Crippen LogP contribution is -2.31. The lowest BCUT2D eigenvalue weighted by molar-refractivity contribution is -0.129. The first-order valence-electron chi connectivity index (χ1n) is 8.26. The number of hydrogen-bond donors (Lipinski definition) is 1. The third kappa shape index (κ3) is 4.31. The Balaban J connectivity index is 1.55. The van der Waals surface area contributed by atoms with Crippen LogP contribution >= 0.6 is 11.8 Å². The van der Waals surface area contributed by atoms with Crippen LogP contribution in [0, 0.1) is 0 Å². The smallest absolute Gasteiger partial charge is 0.246 e. The molecule has 3 aromatic rings. The number of nitrogens with zero attached hydrogens (tertiary/aromatic N) is 5. The second-order valence-corrected chi connectivity index (χ2v) is 6.78. The first-order valence-corrected chi connectivity index (χ1v) is 9.24.